The van der Waals surface area contributed by atoms with E-state index < -0.39 is 0 Å². The van der Waals surface area contributed by atoms with E-state index in [4.69, 9.17) is 0 Å². The van der Waals surface area contributed by atoms with Gasteiger partial charge in [0.25, 0.3) is 0 Å². The Morgan fingerprint density at radius 3 is 1.62 bits per heavy atom. The number of benzene rings is 2. The SMILES string of the molecule is CC(C)c1ccc(C(C)CCC(C)c2cc(F)c(C(C)C)cc2F)cc1. The van der Waals surface area contributed by atoms with Gasteiger partial charge < -0.3 is 0 Å². The summed E-state index contributed by atoms with van der Waals surface area (Å²) < 4.78 is 28.7. The maximum atomic E-state index is 14.4. The van der Waals surface area contributed by atoms with Crippen LogP contribution >= 0.6 is 0 Å². The van der Waals surface area contributed by atoms with Crippen molar-refractivity contribution in [3.8, 4) is 0 Å². The first-order valence-electron chi connectivity index (χ1n) is 9.79. The van der Waals surface area contributed by atoms with E-state index in [0.29, 0.717) is 23.0 Å². The highest BCUT2D eigenvalue weighted by molar-refractivity contribution is 5.31. The zero-order valence-electron chi connectivity index (χ0n) is 16.9. The molecule has 0 aliphatic rings. The summed E-state index contributed by atoms with van der Waals surface area (Å²) in [6.07, 6.45) is 1.79. The fraction of sp³-hybridized carbons (Fsp3) is 0.500. The van der Waals surface area contributed by atoms with Crippen LogP contribution in [0.3, 0.4) is 0 Å². The van der Waals surface area contributed by atoms with Gasteiger partial charge in [-0.25, -0.2) is 8.78 Å². The summed E-state index contributed by atoms with van der Waals surface area (Å²) in [5, 5.41) is 0. The summed E-state index contributed by atoms with van der Waals surface area (Å²) in [6.45, 7) is 12.3. The highest BCUT2D eigenvalue weighted by atomic mass is 19.1. The van der Waals surface area contributed by atoms with Crippen LogP contribution in [0.1, 0.15) is 100 Å². The van der Waals surface area contributed by atoms with Gasteiger partial charge >= 0.3 is 0 Å². The zero-order valence-corrected chi connectivity index (χ0v) is 16.9. The van der Waals surface area contributed by atoms with Gasteiger partial charge in [-0.1, -0.05) is 65.8 Å². The van der Waals surface area contributed by atoms with Crippen molar-refractivity contribution >= 4 is 0 Å². The topological polar surface area (TPSA) is 0 Å². The first kappa shape index (κ1) is 20.6. The molecule has 0 saturated carbocycles. The first-order chi connectivity index (χ1) is 12.2. The van der Waals surface area contributed by atoms with Crippen LogP contribution in [0.2, 0.25) is 0 Å². The summed E-state index contributed by atoms with van der Waals surface area (Å²) in [4.78, 5) is 0. The molecule has 2 rings (SSSR count). The average molecular weight is 359 g/mol. The Kier molecular flexibility index (Phi) is 6.97. The van der Waals surface area contributed by atoms with E-state index in [1.807, 2.05) is 20.8 Å². The van der Waals surface area contributed by atoms with Gasteiger partial charge in [-0.2, -0.15) is 0 Å². The van der Waals surface area contributed by atoms with Crippen LogP contribution in [-0.2, 0) is 0 Å². The Bertz CT molecular complexity index is 714. The van der Waals surface area contributed by atoms with E-state index >= 15 is 0 Å². The molecule has 0 saturated heterocycles. The summed E-state index contributed by atoms with van der Waals surface area (Å²) in [6, 6.07) is 11.6. The van der Waals surface area contributed by atoms with Crippen molar-refractivity contribution in [3.05, 3.63) is 70.3 Å². The van der Waals surface area contributed by atoms with Gasteiger partial charge in [-0.3, -0.25) is 0 Å². The Labute approximate surface area is 157 Å². The van der Waals surface area contributed by atoms with E-state index in [-0.39, 0.29) is 23.5 Å². The summed E-state index contributed by atoms with van der Waals surface area (Å²) in [5.74, 6) is 0.357. The normalized spacial score (nSPS) is 14.1. The molecule has 0 aliphatic heterocycles. The quantitative estimate of drug-likeness (QED) is 0.472. The smallest absolute Gasteiger partial charge is 0.127 e. The van der Waals surface area contributed by atoms with Gasteiger partial charge in [0.2, 0.25) is 0 Å². The molecule has 2 atom stereocenters. The van der Waals surface area contributed by atoms with E-state index in [1.165, 1.54) is 23.3 Å². The third-order valence-electron chi connectivity index (χ3n) is 5.47. The molecule has 0 nitrogen and oxygen atoms in total. The lowest BCUT2D eigenvalue weighted by Gasteiger charge is -2.19. The maximum Gasteiger partial charge on any atom is 0.127 e. The van der Waals surface area contributed by atoms with Crippen molar-refractivity contribution in [2.45, 2.75) is 78.1 Å². The van der Waals surface area contributed by atoms with Crippen LogP contribution in [0.5, 0.6) is 0 Å². The monoisotopic (exact) mass is 358 g/mol. The molecule has 0 N–H and O–H groups in total. The molecule has 142 valence electrons. The minimum Gasteiger partial charge on any atom is -0.207 e. The van der Waals surface area contributed by atoms with Crippen LogP contribution in [0.25, 0.3) is 0 Å². The van der Waals surface area contributed by atoms with Crippen molar-refractivity contribution in [1.82, 2.24) is 0 Å². The molecule has 0 aliphatic carbocycles. The van der Waals surface area contributed by atoms with Gasteiger partial charge in [0.15, 0.2) is 0 Å². The molecule has 0 radical (unpaired) electrons. The highest BCUT2D eigenvalue weighted by Crippen LogP contribution is 2.32. The van der Waals surface area contributed by atoms with Gasteiger partial charge in [-0.15, -0.1) is 0 Å². The fourth-order valence-corrected chi connectivity index (χ4v) is 3.43. The van der Waals surface area contributed by atoms with Gasteiger partial charge in [0.05, 0.1) is 0 Å². The molecular formula is C24H32F2. The van der Waals surface area contributed by atoms with Crippen molar-refractivity contribution in [1.29, 1.82) is 0 Å². The summed E-state index contributed by atoms with van der Waals surface area (Å²) >= 11 is 0. The van der Waals surface area contributed by atoms with Crippen LogP contribution in [0.15, 0.2) is 36.4 Å². The van der Waals surface area contributed by atoms with Crippen LogP contribution < -0.4 is 0 Å². The minimum atomic E-state index is -0.291. The maximum absolute atomic E-state index is 14.4. The summed E-state index contributed by atoms with van der Waals surface area (Å²) in [7, 11) is 0. The van der Waals surface area contributed by atoms with Gasteiger partial charge in [0.1, 0.15) is 11.6 Å². The molecule has 0 fully saturated rings. The highest BCUT2D eigenvalue weighted by Gasteiger charge is 2.18. The molecular weight excluding hydrogens is 326 g/mol. The number of halogens is 2. The molecule has 2 heteroatoms. The van der Waals surface area contributed by atoms with Crippen LogP contribution in [-0.4, -0.2) is 0 Å². The van der Waals surface area contributed by atoms with E-state index in [0.717, 1.165) is 12.8 Å². The Morgan fingerprint density at radius 1 is 0.615 bits per heavy atom. The molecule has 26 heavy (non-hydrogen) atoms. The number of hydrogen-bond acceptors (Lipinski definition) is 0. The molecule has 0 spiro atoms. The molecule has 2 aromatic carbocycles. The van der Waals surface area contributed by atoms with Crippen molar-refractivity contribution < 1.29 is 8.78 Å². The largest absolute Gasteiger partial charge is 0.207 e. The second-order valence-electron chi connectivity index (χ2n) is 8.25. The predicted molar refractivity (Wildman–Crippen MR) is 107 cm³/mol. The van der Waals surface area contributed by atoms with Crippen molar-refractivity contribution in [2.75, 3.05) is 0 Å². The summed E-state index contributed by atoms with van der Waals surface area (Å²) in [5.41, 5.74) is 3.60. The fourth-order valence-electron chi connectivity index (χ4n) is 3.43. The van der Waals surface area contributed by atoms with Gasteiger partial charge in [-0.05, 0) is 70.9 Å². The second kappa shape index (κ2) is 8.79. The predicted octanol–water partition coefficient (Wildman–Crippen LogP) is 7.90. The van der Waals surface area contributed by atoms with Crippen LogP contribution in [0.4, 0.5) is 8.78 Å². The average Bonchev–Trinajstić information content (AvgIpc) is 2.60. The van der Waals surface area contributed by atoms with E-state index in [1.54, 1.807) is 0 Å². The van der Waals surface area contributed by atoms with Crippen molar-refractivity contribution in [2.24, 2.45) is 0 Å². The Morgan fingerprint density at radius 2 is 1.08 bits per heavy atom. The number of rotatable bonds is 7. The van der Waals surface area contributed by atoms with Crippen LogP contribution in [0, 0.1) is 11.6 Å². The van der Waals surface area contributed by atoms with E-state index in [9.17, 15) is 8.78 Å². The minimum absolute atomic E-state index is 0.00287. The standard InChI is InChI=1S/C24H32F2/c1-15(2)19-9-11-20(12-10-19)17(5)7-8-18(6)22-14-23(25)21(16(3)4)13-24(22)26/h9-18H,7-8H2,1-6H3. The lowest BCUT2D eigenvalue weighted by atomic mass is 9.87. The third kappa shape index (κ3) is 4.93. The lowest BCUT2D eigenvalue weighted by Crippen LogP contribution is -2.04. The molecule has 2 unspecified atom stereocenters. The second-order valence-corrected chi connectivity index (χ2v) is 8.25. The molecule has 0 heterocycles. The van der Waals surface area contributed by atoms with Crippen molar-refractivity contribution in [3.63, 3.8) is 0 Å². The van der Waals surface area contributed by atoms with Gasteiger partial charge in [0, 0.05) is 0 Å². The first-order valence-corrected chi connectivity index (χ1v) is 9.79. The molecule has 0 bridgehead atoms. The number of hydrogen-bond donors (Lipinski definition) is 0. The lowest BCUT2D eigenvalue weighted by molar-refractivity contribution is 0.522. The molecule has 0 aromatic heterocycles. The zero-order chi connectivity index (χ0) is 19.4. The Balaban J connectivity index is 2.03. The molecule has 0 amide bonds. The third-order valence-corrected chi connectivity index (χ3v) is 5.47. The molecule has 2 aromatic rings. The van der Waals surface area contributed by atoms with E-state index in [2.05, 4.69) is 45.0 Å². The Hall–Kier alpha value is -1.70.